The zero-order valence-corrected chi connectivity index (χ0v) is 19.0. The number of carbonyl (C=O) groups is 1. The van der Waals surface area contributed by atoms with Gasteiger partial charge < -0.3 is 19.7 Å². The molecule has 0 radical (unpaired) electrons. The SMILES string of the molecule is Cc1cc(C#N)ccc1Nc1ncnc(OCC23CCN(C(=O)OC(C)C)CC2C3)c1C. The molecular weight excluding hydrogens is 406 g/mol. The third kappa shape index (κ3) is 4.47. The predicted octanol–water partition coefficient (Wildman–Crippen LogP) is 4.34. The Morgan fingerprint density at radius 3 is 2.88 bits per heavy atom. The highest BCUT2D eigenvalue weighted by Crippen LogP contribution is 2.58. The van der Waals surface area contributed by atoms with Crippen LogP contribution in [0.15, 0.2) is 24.5 Å². The number of hydrogen-bond acceptors (Lipinski definition) is 7. The van der Waals surface area contributed by atoms with E-state index in [4.69, 9.17) is 14.7 Å². The summed E-state index contributed by atoms with van der Waals surface area (Å²) in [5, 5.41) is 12.4. The first-order chi connectivity index (χ1) is 15.3. The maximum atomic E-state index is 12.2. The lowest BCUT2D eigenvalue weighted by molar-refractivity contribution is 0.0586. The van der Waals surface area contributed by atoms with Gasteiger partial charge in [-0.05, 0) is 70.2 Å². The fourth-order valence-electron chi connectivity index (χ4n) is 4.32. The van der Waals surface area contributed by atoms with Gasteiger partial charge >= 0.3 is 6.09 Å². The van der Waals surface area contributed by atoms with Gasteiger partial charge in [0.25, 0.3) is 0 Å². The number of aryl methyl sites for hydroxylation is 1. The lowest BCUT2D eigenvalue weighted by Gasteiger charge is -2.31. The number of aromatic nitrogens is 2. The molecule has 1 aliphatic heterocycles. The monoisotopic (exact) mass is 435 g/mol. The Balaban J connectivity index is 1.38. The van der Waals surface area contributed by atoms with Crippen molar-refractivity contribution >= 4 is 17.6 Å². The van der Waals surface area contributed by atoms with Crippen LogP contribution in [0.4, 0.5) is 16.3 Å². The summed E-state index contributed by atoms with van der Waals surface area (Å²) in [5.41, 5.74) is 3.43. The van der Waals surface area contributed by atoms with Crippen molar-refractivity contribution in [1.29, 1.82) is 5.26 Å². The second kappa shape index (κ2) is 8.65. The minimum atomic E-state index is -0.220. The van der Waals surface area contributed by atoms with E-state index >= 15 is 0 Å². The van der Waals surface area contributed by atoms with Gasteiger partial charge in [-0.2, -0.15) is 5.26 Å². The molecule has 0 spiro atoms. The largest absolute Gasteiger partial charge is 0.477 e. The van der Waals surface area contributed by atoms with Crippen LogP contribution in [0.2, 0.25) is 0 Å². The Kier molecular flexibility index (Phi) is 5.92. The summed E-state index contributed by atoms with van der Waals surface area (Å²) in [5.74, 6) is 1.69. The van der Waals surface area contributed by atoms with Crippen molar-refractivity contribution in [2.24, 2.45) is 11.3 Å². The number of fused-ring (bicyclic) bond motifs is 1. The van der Waals surface area contributed by atoms with Gasteiger partial charge in [0.05, 0.1) is 29.9 Å². The third-order valence-electron chi connectivity index (χ3n) is 6.42. The summed E-state index contributed by atoms with van der Waals surface area (Å²) < 4.78 is 11.5. The van der Waals surface area contributed by atoms with E-state index in [-0.39, 0.29) is 17.6 Å². The number of anilines is 2. The summed E-state index contributed by atoms with van der Waals surface area (Å²) in [6, 6.07) is 7.64. The Morgan fingerprint density at radius 1 is 1.38 bits per heavy atom. The van der Waals surface area contributed by atoms with Crippen LogP contribution in [0.3, 0.4) is 0 Å². The molecule has 32 heavy (non-hydrogen) atoms. The van der Waals surface area contributed by atoms with E-state index in [1.807, 2.05) is 44.7 Å². The number of hydrogen-bond donors (Lipinski definition) is 1. The highest BCUT2D eigenvalue weighted by atomic mass is 16.6. The van der Waals surface area contributed by atoms with Gasteiger partial charge in [-0.1, -0.05) is 0 Å². The normalized spacial score (nSPS) is 21.5. The molecule has 0 bridgehead atoms. The Morgan fingerprint density at radius 2 is 2.19 bits per heavy atom. The molecule has 2 aromatic rings. The number of amides is 1. The van der Waals surface area contributed by atoms with Crippen LogP contribution in [-0.2, 0) is 4.74 Å². The number of nitrogens with one attached hydrogen (secondary N) is 1. The second-order valence-electron chi connectivity index (χ2n) is 9.10. The van der Waals surface area contributed by atoms with E-state index < -0.39 is 0 Å². The van der Waals surface area contributed by atoms with Crippen LogP contribution in [0, 0.1) is 36.5 Å². The molecular formula is C24H29N5O3. The van der Waals surface area contributed by atoms with Crippen LogP contribution in [-0.4, -0.2) is 46.8 Å². The van der Waals surface area contributed by atoms with Crippen LogP contribution in [0.1, 0.15) is 43.4 Å². The number of ether oxygens (including phenoxy) is 2. The number of nitriles is 1. The lowest BCUT2D eigenvalue weighted by atomic mass is 9.96. The number of rotatable bonds is 6. The van der Waals surface area contributed by atoms with E-state index in [0.717, 1.165) is 36.2 Å². The van der Waals surface area contributed by atoms with Gasteiger partial charge in [-0.25, -0.2) is 14.8 Å². The maximum Gasteiger partial charge on any atom is 0.410 e. The molecule has 2 aliphatic rings. The minimum absolute atomic E-state index is 0.103. The minimum Gasteiger partial charge on any atom is -0.477 e. The van der Waals surface area contributed by atoms with Crippen molar-refractivity contribution in [1.82, 2.24) is 14.9 Å². The quantitative estimate of drug-likeness (QED) is 0.720. The van der Waals surface area contributed by atoms with Crippen molar-refractivity contribution in [3.63, 3.8) is 0 Å². The Bertz CT molecular complexity index is 1060. The topological polar surface area (TPSA) is 100 Å². The number of nitrogens with zero attached hydrogens (tertiary/aromatic N) is 4. The molecule has 1 amide bonds. The molecule has 2 unspecified atom stereocenters. The lowest BCUT2D eigenvalue weighted by Crippen LogP contribution is -2.41. The fraction of sp³-hybridized carbons (Fsp3) is 0.500. The fourth-order valence-corrected chi connectivity index (χ4v) is 4.32. The van der Waals surface area contributed by atoms with Crippen LogP contribution < -0.4 is 10.1 Å². The van der Waals surface area contributed by atoms with E-state index in [2.05, 4.69) is 21.4 Å². The second-order valence-corrected chi connectivity index (χ2v) is 9.10. The summed E-state index contributed by atoms with van der Waals surface area (Å²) >= 11 is 0. The van der Waals surface area contributed by atoms with Gasteiger partial charge in [0, 0.05) is 24.2 Å². The Labute approximate surface area is 188 Å². The summed E-state index contributed by atoms with van der Waals surface area (Å²) in [6.07, 6.45) is 3.13. The van der Waals surface area contributed by atoms with Gasteiger partial charge in [0.2, 0.25) is 5.88 Å². The first kappa shape index (κ1) is 21.9. The molecule has 1 saturated carbocycles. The molecule has 1 N–H and O–H groups in total. The number of piperidine rings is 1. The third-order valence-corrected chi connectivity index (χ3v) is 6.42. The molecule has 168 valence electrons. The van der Waals surface area contributed by atoms with E-state index in [1.54, 1.807) is 6.07 Å². The van der Waals surface area contributed by atoms with Crippen molar-refractivity contribution in [3.8, 4) is 11.9 Å². The van der Waals surface area contributed by atoms with Gasteiger partial charge in [0.1, 0.15) is 12.1 Å². The van der Waals surface area contributed by atoms with Crippen LogP contribution in [0.5, 0.6) is 5.88 Å². The number of carbonyl (C=O) groups excluding carboxylic acids is 1. The Hall–Kier alpha value is -3.34. The first-order valence-corrected chi connectivity index (χ1v) is 11.0. The van der Waals surface area contributed by atoms with Crippen LogP contribution >= 0.6 is 0 Å². The molecule has 1 saturated heterocycles. The summed E-state index contributed by atoms with van der Waals surface area (Å²) in [4.78, 5) is 22.7. The van der Waals surface area contributed by atoms with E-state index in [1.165, 1.54) is 6.33 Å². The van der Waals surface area contributed by atoms with Crippen molar-refractivity contribution in [2.75, 3.05) is 25.0 Å². The molecule has 2 fully saturated rings. The van der Waals surface area contributed by atoms with Crippen LogP contribution in [0.25, 0.3) is 0 Å². The average Bonchev–Trinajstić information content (AvgIpc) is 3.49. The van der Waals surface area contributed by atoms with Gasteiger partial charge in [0.15, 0.2) is 0 Å². The number of likely N-dealkylation sites (tertiary alicyclic amines) is 1. The van der Waals surface area contributed by atoms with Gasteiger partial charge in [-0.15, -0.1) is 0 Å². The zero-order chi connectivity index (χ0) is 22.9. The van der Waals surface area contributed by atoms with Crippen molar-refractivity contribution in [3.05, 3.63) is 41.2 Å². The molecule has 1 aromatic carbocycles. The molecule has 1 aliphatic carbocycles. The first-order valence-electron chi connectivity index (χ1n) is 11.0. The molecule has 2 atom stereocenters. The van der Waals surface area contributed by atoms with E-state index in [0.29, 0.717) is 36.3 Å². The van der Waals surface area contributed by atoms with Crippen molar-refractivity contribution < 1.29 is 14.3 Å². The predicted molar refractivity (Wildman–Crippen MR) is 120 cm³/mol. The van der Waals surface area contributed by atoms with E-state index in [9.17, 15) is 4.79 Å². The summed E-state index contributed by atoms with van der Waals surface area (Å²) in [7, 11) is 0. The highest BCUT2D eigenvalue weighted by molar-refractivity contribution is 5.68. The standard InChI is InChI=1S/C24H29N5O3/c1-15(2)32-23(30)29-8-7-24(10-19(24)12-29)13-31-22-17(4)21(26-14-27-22)28-20-6-5-18(11-25)9-16(20)3/h5-6,9,14-15,19H,7-8,10,12-13H2,1-4H3,(H,26,27,28). The smallest absolute Gasteiger partial charge is 0.410 e. The summed E-state index contributed by atoms with van der Waals surface area (Å²) in [6.45, 7) is 9.62. The molecule has 1 aromatic heterocycles. The van der Waals surface area contributed by atoms with Crippen molar-refractivity contribution in [2.45, 2.75) is 46.6 Å². The van der Waals surface area contributed by atoms with Gasteiger partial charge in [-0.3, -0.25) is 0 Å². The zero-order valence-electron chi connectivity index (χ0n) is 19.0. The average molecular weight is 436 g/mol. The molecule has 2 heterocycles. The highest BCUT2D eigenvalue weighted by Gasteiger charge is 2.58. The number of benzene rings is 1. The molecule has 8 nitrogen and oxygen atoms in total. The maximum absolute atomic E-state index is 12.2. The molecule has 4 rings (SSSR count). The molecule has 8 heteroatoms.